The lowest BCUT2D eigenvalue weighted by Gasteiger charge is -2.12. The number of amides is 1. The first kappa shape index (κ1) is 17.9. The second kappa shape index (κ2) is 7.54. The summed E-state index contributed by atoms with van der Waals surface area (Å²) in [6, 6.07) is 14.8. The van der Waals surface area contributed by atoms with Crippen molar-refractivity contribution < 1.29 is 4.79 Å². The number of hydrogen-bond acceptors (Lipinski definition) is 4. The van der Waals surface area contributed by atoms with Crippen molar-refractivity contribution in [3.8, 4) is 0 Å². The number of benzene rings is 2. The van der Waals surface area contributed by atoms with E-state index in [1.165, 1.54) is 0 Å². The summed E-state index contributed by atoms with van der Waals surface area (Å²) in [7, 11) is 0. The molecule has 1 amide bonds. The number of halogens is 1. The molecule has 0 spiro atoms. The molecule has 6 heteroatoms. The summed E-state index contributed by atoms with van der Waals surface area (Å²) in [5, 5.41) is 6.77. The minimum Gasteiger partial charge on any atom is -0.340 e. The van der Waals surface area contributed by atoms with Gasteiger partial charge in [0.05, 0.1) is 0 Å². The van der Waals surface area contributed by atoms with Gasteiger partial charge in [0.2, 0.25) is 0 Å². The number of nitrogens with zero attached hydrogens (tertiary/aromatic N) is 2. The van der Waals surface area contributed by atoms with E-state index in [1.807, 2.05) is 44.2 Å². The largest absolute Gasteiger partial charge is 0.340 e. The van der Waals surface area contributed by atoms with Crippen molar-refractivity contribution in [2.45, 2.75) is 20.8 Å². The van der Waals surface area contributed by atoms with Gasteiger partial charge in [0.25, 0.3) is 5.91 Å². The lowest BCUT2D eigenvalue weighted by atomic mass is 10.1. The van der Waals surface area contributed by atoms with E-state index in [1.54, 1.807) is 25.1 Å². The third kappa shape index (κ3) is 4.18. The van der Waals surface area contributed by atoms with Crippen LogP contribution in [0, 0.1) is 20.8 Å². The van der Waals surface area contributed by atoms with Gasteiger partial charge >= 0.3 is 0 Å². The van der Waals surface area contributed by atoms with Crippen LogP contribution < -0.4 is 10.6 Å². The molecule has 0 radical (unpaired) electrons. The van der Waals surface area contributed by atoms with Gasteiger partial charge in [-0.15, -0.1) is 0 Å². The molecule has 5 nitrogen and oxygen atoms in total. The molecule has 0 saturated heterocycles. The van der Waals surface area contributed by atoms with Crippen LogP contribution in [0.25, 0.3) is 0 Å². The van der Waals surface area contributed by atoms with Crippen LogP contribution in [0.1, 0.15) is 27.4 Å². The molecule has 0 atom stereocenters. The molecule has 26 heavy (non-hydrogen) atoms. The second-order valence-electron chi connectivity index (χ2n) is 6.04. The quantitative estimate of drug-likeness (QED) is 0.678. The summed E-state index contributed by atoms with van der Waals surface area (Å²) in [6.45, 7) is 5.67. The Morgan fingerprint density at radius 3 is 2.27 bits per heavy atom. The van der Waals surface area contributed by atoms with Crippen molar-refractivity contribution in [3.05, 3.63) is 76.2 Å². The van der Waals surface area contributed by atoms with Crippen LogP contribution in [0.2, 0.25) is 5.02 Å². The molecule has 0 aliphatic rings. The number of rotatable bonds is 4. The van der Waals surface area contributed by atoms with E-state index < -0.39 is 0 Å². The van der Waals surface area contributed by atoms with Crippen molar-refractivity contribution in [1.82, 2.24) is 9.97 Å². The summed E-state index contributed by atoms with van der Waals surface area (Å²) in [6.07, 6.45) is 0. The molecule has 2 aromatic carbocycles. The van der Waals surface area contributed by atoms with Crippen LogP contribution in [-0.4, -0.2) is 15.9 Å². The van der Waals surface area contributed by atoms with E-state index in [4.69, 9.17) is 11.6 Å². The van der Waals surface area contributed by atoms with Gasteiger partial charge in [-0.2, -0.15) is 0 Å². The van der Waals surface area contributed by atoms with Gasteiger partial charge in [-0.25, -0.2) is 9.97 Å². The van der Waals surface area contributed by atoms with Crippen LogP contribution in [-0.2, 0) is 0 Å². The molecule has 1 aromatic heterocycles. The van der Waals surface area contributed by atoms with E-state index in [2.05, 4.69) is 20.6 Å². The van der Waals surface area contributed by atoms with Crippen LogP contribution in [0.4, 0.5) is 17.2 Å². The van der Waals surface area contributed by atoms with E-state index >= 15 is 0 Å². The highest BCUT2D eigenvalue weighted by Gasteiger charge is 2.13. The Labute approximate surface area is 157 Å². The van der Waals surface area contributed by atoms with Gasteiger partial charge in [-0.3, -0.25) is 4.79 Å². The van der Waals surface area contributed by atoms with Crippen LogP contribution in [0.5, 0.6) is 0 Å². The summed E-state index contributed by atoms with van der Waals surface area (Å²) < 4.78 is 0. The number of anilines is 3. The van der Waals surface area contributed by atoms with Crippen molar-refractivity contribution in [2.24, 2.45) is 0 Å². The molecule has 3 rings (SSSR count). The monoisotopic (exact) mass is 366 g/mol. The topological polar surface area (TPSA) is 66.9 Å². The third-order valence-electron chi connectivity index (χ3n) is 3.91. The highest BCUT2D eigenvalue weighted by Crippen LogP contribution is 2.21. The molecular weight excluding hydrogens is 348 g/mol. The summed E-state index contributed by atoms with van der Waals surface area (Å²) in [5.74, 6) is 0.786. The number of hydrogen-bond donors (Lipinski definition) is 2. The Kier molecular flexibility index (Phi) is 5.19. The van der Waals surface area contributed by atoms with Gasteiger partial charge in [-0.1, -0.05) is 29.8 Å². The first-order valence-corrected chi connectivity index (χ1v) is 8.56. The zero-order valence-corrected chi connectivity index (χ0v) is 15.6. The number of carbonyl (C=O) groups excluding carboxylic acids is 1. The van der Waals surface area contributed by atoms with Crippen molar-refractivity contribution >= 4 is 34.7 Å². The Bertz CT molecular complexity index is 934. The minimum absolute atomic E-state index is 0.271. The number of nitrogens with one attached hydrogen (secondary N) is 2. The van der Waals surface area contributed by atoms with Crippen molar-refractivity contribution in [3.63, 3.8) is 0 Å². The average molecular weight is 367 g/mol. The van der Waals surface area contributed by atoms with Crippen LogP contribution in [0.3, 0.4) is 0 Å². The van der Waals surface area contributed by atoms with E-state index in [0.29, 0.717) is 22.4 Å². The Morgan fingerprint density at radius 2 is 1.62 bits per heavy atom. The molecule has 0 aliphatic carbocycles. The average Bonchev–Trinajstić information content (AvgIpc) is 2.59. The molecule has 2 N–H and O–H groups in total. The first-order valence-electron chi connectivity index (χ1n) is 8.18. The maximum absolute atomic E-state index is 12.7. The molecule has 0 fully saturated rings. The third-order valence-corrected chi connectivity index (χ3v) is 4.16. The molecule has 0 unspecified atom stereocenters. The molecular formula is C20H19ClN4O. The lowest BCUT2D eigenvalue weighted by molar-refractivity contribution is 0.102. The van der Waals surface area contributed by atoms with Crippen molar-refractivity contribution in [1.29, 1.82) is 0 Å². The highest BCUT2D eigenvalue weighted by molar-refractivity contribution is 6.30. The predicted octanol–water partition coefficient (Wildman–Crippen LogP) is 5.05. The van der Waals surface area contributed by atoms with Crippen LogP contribution in [0.15, 0.2) is 48.5 Å². The fraction of sp³-hybridized carbons (Fsp3) is 0.150. The van der Waals surface area contributed by atoms with Crippen LogP contribution >= 0.6 is 11.6 Å². The predicted molar refractivity (Wildman–Crippen MR) is 105 cm³/mol. The first-order chi connectivity index (χ1) is 12.4. The minimum atomic E-state index is -0.271. The van der Waals surface area contributed by atoms with E-state index in [-0.39, 0.29) is 5.91 Å². The fourth-order valence-corrected chi connectivity index (χ4v) is 2.74. The van der Waals surface area contributed by atoms with E-state index in [9.17, 15) is 4.79 Å². The van der Waals surface area contributed by atoms with Gasteiger partial charge in [0.15, 0.2) is 0 Å². The lowest BCUT2D eigenvalue weighted by Crippen LogP contribution is -2.16. The normalized spacial score (nSPS) is 10.5. The molecule has 1 heterocycles. The molecule has 132 valence electrons. The summed E-state index contributed by atoms with van der Waals surface area (Å²) in [4.78, 5) is 21.3. The molecule has 0 aliphatic heterocycles. The van der Waals surface area contributed by atoms with Gasteiger partial charge < -0.3 is 10.6 Å². The second-order valence-corrected chi connectivity index (χ2v) is 6.47. The SMILES string of the molecule is Cc1nc(Nc2ccc(Cl)cc2)cc(C(=O)Nc2c(C)cccc2C)n1. The van der Waals surface area contributed by atoms with Gasteiger partial charge in [0, 0.05) is 22.5 Å². The molecule has 0 saturated carbocycles. The summed E-state index contributed by atoms with van der Waals surface area (Å²) >= 11 is 5.90. The Hall–Kier alpha value is -2.92. The standard InChI is InChI=1S/C20H19ClN4O/c1-12-5-4-6-13(2)19(12)25-20(26)17-11-18(23-14(3)22-17)24-16-9-7-15(21)8-10-16/h4-11H,1-3H3,(H,25,26)(H,22,23,24). The zero-order valence-electron chi connectivity index (χ0n) is 14.8. The fourth-order valence-electron chi connectivity index (χ4n) is 2.62. The molecule has 0 bridgehead atoms. The Balaban J connectivity index is 1.84. The maximum Gasteiger partial charge on any atom is 0.274 e. The van der Waals surface area contributed by atoms with Gasteiger partial charge in [0.1, 0.15) is 17.3 Å². The van der Waals surface area contributed by atoms with Crippen molar-refractivity contribution in [2.75, 3.05) is 10.6 Å². The number of para-hydroxylation sites is 1. The maximum atomic E-state index is 12.7. The number of aryl methyl sites for hydroxylation is 3. The van der Waals surface area contributed by atoms with Gasteiger partial charge in [-0.05, 0) is 56.2 Å². The Morgan fingerprint density at radius 1 is 0.962 bits per heavy atom. The number of carbonyl (C=O) groups is 1. The zero-order chi connectivity index (χ0) is 18.7. The highest BCUT2D eigenvalue weighted by atomic mass is 35.5. The smallest absolute Gasteiger partial charge is 0.274 e. The summed E-state index contributed by atoms with van der Waals surface area (Å²) in [5.41, 5.74) is 3.94. The molecule has 3 aromatic rings. The number of aromatic nitrogens is 2. The van der Waals surface area contributed by atoms with E-state index in [0.717, 1.165) is 22.5 Å².